The maximum atomic E-state index is 11.1. The SMILES string of the molecule is CC(C)N(CC(N)=O)c1nc(Cl)ccc1C(=O)O. The first-order chi connectivity index (χ1) is 8.32. The lowest BCUT2D eigenvalue weighted by Crippen LogP contribution is -2.40. The van der Waals surface area contributed by atoms with Crippen LogP contribution in [0.1, 0.15) is 24.2 Å². The van der Waals surface area contributed by atoms with Crippen molar-refractivity contribution < 1.29 is 14.7 Å². The normalized spacial score (nSPS) is 10.4. The number of aromatic nitrogens is 1. The number of aromatic carboxylic acids is 1. The fraction of sp³-hybridized carbons (Fsp3) is 0.364. The van der Waals surface area contributed by atoms with E-state index in [-0.39, 0.29) is 29.1 Å². The molecule has 0 spiro atoms. The van der Waals surface area contributed by atoms with E-state index in [1.807, 2.05) is 0 Å². The van der Waals surface area contributed by atoms with Crippen molar-refractivity contribution in [1.29, 1.82) is 0 Å². The highest BCUT2D eigenvalue weighted by Crippen LogP contribution is 2.22. The van der Waals surface area contributed by atoms with Crippen molar-refractivity contribution in [3.05, 3.63) is 22.8 Å². The first kappa shape index (κ1) is 14.2. The van der Waals surface area contributed by atoms with Gasteiger partial charge in [0.1, 0.15) is 16.5 Å². The van der Waals surface area contributed by atoms with Gasteiger partial charge in [-0.05, 0) is 26.0 Å². The lowest BCUT2D eigenvalue weighted by molar-refractivity contribution is -0.116. The van der Waals surface area contributed by atoms with E-state index in [9.17, 15) is 9.59 Å². The van der Waals surface area contributed by atoms with Gasteiger partial charge in [-0.1, -0.05) is 11.6 Å². The highest BCUT2D eigenvalue weighted by molar-refractivity contribution is 6.29. The number of carboxylic acids is 1. The van der Waals surface area contributed by atoms with Crippen molar-refractivity contribution in [3.63, 3.8) is 0 Å². The van der Waals surface area contributed by atoms with Crippen molar-refractivity contribution >= 4 is 29.3 Å². The number of carbonyl (C=O) groups excluding carboxylic acids is 1. The summed E-state index contributed by atoms with van der Waals surface area (Å²) in [7, 11) is 0. The first-order valence-electron chi connectivity index (χ1n) is 5.27. The van der Waals surface area contributed by atoms with Crippen LogP contribution in [0.5, 0.6) is 0 Å². The Labute approximate surface area is 109 Å². The van der Waals surface area contributed by atoms with E-state index >= 15 is 0 Å². The van der Waals surface area contributed by atoms with Gasteiger partial charge in [0.25, 0.3) is 0 Å². The fourth-order valence-electron chi connectivity index (χ4n) is 1.48. The quantitative estimate of drug-likeness (QED) is 0.783. The number of rotatable bonds is 5. The van der Waals surface area contributed by atoms with Crippen LogP contribution < -0.4 is 10.6 Å². The summed E-state index contributed by atoms with van der Waals surface area (Å²) in [5, 5.41) is 9.25. The molecule has 0 aliphatic carbocycles. The summed E-state index contributed by atoms with van der Waals surface area (Å²) < 4.78 is 0. The van der Waals surface area contributed by atoms with E-state index in [4.69, 9.17) is 22.4 Å². The van der Waals surface area contributed by atoms with Crippen LogP contribution in [0.4, 0.5) is 5.82 Å². The van der Waals surface area contributed by atoms with Crippen LogP contribution in [0.3, 0.4) is 0 Å². The average molecular weight is 272 g/mol. The van der Waals surface area contributed by atoms with E-state index in [2.05, 4.69) is 4.98 Å². The van der Waals surface area contributed by atoms with E-state index < -0.39 is 11.9 Å². The summed E-state index contributed by atoms with van der Waals surface area (Å²) in [5.41, 5.74) is 5.12. The highest BCUT2D eigenvalue weighted by atomic mass is 35.5. The van der Waals surface area contributed by atoms with Gasteiger partial charge in [-0.3, -0.25) is 4.79 Å². The Morgan fingerprint density at radius 1 is 1.50 bits per heavy atom. The zero-order valence-electron chi connectivity index (χ0n) is 10.1. The van der Waals surface area contributed by atoms with Crippen molar-refractivity contribution in [2.75, 3.05) is 11.4 Å². The average Bonchev–Trinajstić information content (AvgIpc) is 2.24. The molecule has 1 aromatic heterocycles. The van der Waals surface area contributed by atoms with Crippen LogP contribution in [-0.4, -0.2) is 34.6 Å². The minimum absolute atomic E-state index is 0.0191. The molecule has 1 heterocycles. The number of nitrogens with two attached hydrogens (primary N) is 1. The molecule has 0 unspecified atom stereocenters. The van der Waals surface area contributed by atoms with Crippen molar-refractivity contribution in [3.8, 4) is 0 Å². The summed E-state index contributed by atoms with van der Waals surface area (Å²) in [6.45, 7) is 3.49. The molecule has 0 saturated heterocycles. The van der Waals surface area contributed by atoms with Gasteiger partial charge in [0.05, 0.1) is 6.54 Å². The van der Waals surface area contributed by atoms with Gasteiger partial charge < -0.3 is 15.7 Å². The molecule has 0 bridgehead atoms. The second-order valence-corrected chi connectivity index (χ2v) is 4.39. The Balaban J connectivity index is 3.29. The third-order valence-electron chi connectivity index (χ3n) is 2.29. The number of anilines is 1. The molecule has 0 aliphatic heterocycles. The van der Waals surface area contributed by atoms with Gasteiger partial charge in [-0.15, -0.1) is 0 Å². The number of pyridine rings is 1. The number of halogens is 1. The van der Waals surface area contributed by atoms with E-state index in [1.54, 1.807) is 13.8 Å². The predicted octanol–water partition coefficient (Wildman–Crippen LogP) is 1.13. The summed E-state index contributed by atoms with van der Waals surface area (Å²) in [5.74, 6) is -1.56. The summed E-state index contributed by atoms with van der Waals surface area (Å²) in [6.07, 6.45) is 0. The van der Waals surface area contributed by atoms with Crippen LogP contribution in [0.15, 0.2) is 12.1 Å². The van der Waals surface area contributed by atoms with Crippen LogP contribution in [0.25, 0.3) is 0 Å². The number of hydrogen-bond donors (Lipinski definition) is 2. The molecule has 98 valence electrons. The van der Waals surface area contributed by atoms with Gasteiger partial charge >= 0.3 is 5.97 Å². The maximum absolute atomic E-state index is 11.1. The standard InChI is InChI=1S/C11H14ClN3O3/c1-6(2)15(5-9(13)16)10-7(11(17)18)3-4-8(12)14-10/h3-4,6H,5H2,1-2H3,(H2,13,16)(H,17,18). The van der Waals surface area contributed by atoms with Gasteiger partial charge in [0.2, 0.25) is 5.91 Å². The van der Waals surface area contributed by atoms with Crippen molar-refractivity contribution in [1.82, 2.24) is 4.98 Å². The van der Waals surface area contributed by atoms with Crippen molar-refractivity contribution in [2.45, 2.75) is 19.9 Å². The Morgan fingerprint density at radius 3 is 2.56 bits per heavy atom. The number of carboxylic acid groups (broad SMARTS) is 1. The van der Waals surface area contributed by atoms with Crippen LogP contribution in [0, 0.1) is 0 Å². The minimum atomic E-state index is -1.13. The lowest BCUT2D eigenvalue weighted by atomic mass is 10.2. The molecule has 1 aromatic rings. The predicted molar refractivity (Wildman–Crippen MR) is 67.9 cm³/mol. The zero-order valence-corrected chi connectivity index (χ0v) is 10.8. The van der Waals surface area contributed by atoms with Crippen LogP contribution in [-0.2, 0) is 4.79 Å². The minimum Gasteiger partial charge on any atom is -0.478 e. The maximum Gasteiger partial charge on any atom is 0.339 e. The Hall–Kier alpha value is -1.82. The summed E-state index contributed by atoms with van der Waals surface area (Å²) in [4.78, 5) is 27.6. The summed E-state index contributed by atoms with van der Waals surface area (Å²) in [6, 6.07) is 2.60. The topological polar surface area (TPSA) is 96.5 Å². The monoisotopic (exact) mass is 271 g/mol. The molecule has 7 heteroatoms. The third kappa shape index (κ3) is 3.33. The molecule has 0 fully saturated rings. The summed E-state index contributed by atoms with van der Waals surface area (Å²) >= 11 is 5.76. The van der Waals surface area contributed by atoms with Crippen molar-refractivity contribution in [2.24, 2.45) is 5.73 Å². The molecular formula is C11H14ClN3O3. The number of amides is 1. The van der Waals surface area contributed by atoms with Gasteiger partial charge in [0.15, 0.2) is 0 Å². The molecule has 3 N–H and O–H groups in total. The molecule has 0 aliphatic rings. The molecule has 0 aromatic carbocycles. The number of nitrogens with zero attached hydrogens (tertiary/aromatic N) is 2. The number of carbonyl (C=O) groups is 2. The molecule has 1 rings (SSSR count). The molecule has 6 nitrogen and oxygen atoms in total. The Bertz CT molecular complexity index is 477. The smallest absolute Gasteiger partial charge is 0.339 e. The molecule has 0 radical (unpaired) electrons. The molecular weight excluding hydrogens is 258 g/mol. The molecule has 1 amide bonds. The van der Waals surface area contributed by atoms with E-state index in [1.165, 1.54) is 17.0 Å². The number of primary amides is 1. The molecule has 0 saturated carbocycles. The lowest BCUT2D eigenvalue weighted by Gasteiger charge is -2.27. The van der Waals surface area contributed by atoms with Crippen LogP contribution in [0.2, 0.25) is 5.15 Å². The third-order valence-corrected chi connectivity index (χ3v) is 2.50. The molecule has 0 atom stereocenters. The second-order valence-electron chi connectivity index (χ2n) is 4.00. The first-order valence-corrected chi connectivity index (χ1v) is 5.65. The Kier molecular flexibility index (Phi) is 4.49. The second kappa shape index (κ2) is 5.68. The zero-order chi connectivity index (χ0) is 13.9. The Morgan fingerprint density at radius 2 is 2.11 bits per heavy atom. The highest BCUT2D eigenvalue weighted by Gasteiger charge is 2.21. The van der Waals surface area contributed by atoms with Gasteiger partial charge in [-0.25, -0.2) is 9.78 Å². The van der Waals surface area contributed by atoms with E-state index in [0.717, 1.165) is 0 Å². The van der Waals surface area contributed by atoms with Gasteiger partial charge in [-0.2, -0.15) is 0 Å². The fourth-order valence-corrected chi connectivity index (χ4v) is 1.62. The van der Waals surface area contributed by atoms with Crippen LogP contribution >= 0.6 is 11.6 Å². The largest absolute Gasteiger partial charge is 0.478 e. The van der Waals surface area contributed by atoms with Gasteiger partial charge in [0, 0.05) is 6.04 Å². The van der Waals surface area contributed by atoms with E-state index in [0.29, 0.717) is 0 Å². The number of hydrogen-bond acceptors (Lipinski definition) is 4. The molecule has 18 heavy (non-hydrogen) atoms.